The number of carbonyl (C=O) groups is 2. The molecule has 2 aromatic carbocycles. The Morgan fingerprint density at radius 3 is 2.59 bits per heavy atom. The molecule has 2 amide bonds. The molecule has 0 fully saturated rings. The standard InChI is InChI=1S/C21H24N4O3S/c1-21(2,3)28-20(27)22-12-11-18(26)25-19-23-16-10-9-15(13-17(16)24-19)29-14-7-5-4-6-8-14/h4-10,13H,11-12H2,1-3H3,(H,22,27)(H2,23,24,25,26). The van der Waals surface area contributed by atoms with Gasteiger partial charge in [0, 0.05) is 22.8 Å². The third kappa shape index (κ3) is 6.53. The summed E-state index contributed by atoms with van der Waals surface area (Å²) >= 11 is 1.65. The van der Waals surface area contributed by atoms with Crippen molar-refractivity contribution in [2.45, 2.75) is 42.6 Å². The van der Waals surface area contributed by atoms with E-state index >= 15 is 0 Å². The number of nitrogens with one attached hydrogen (secondary N) is 3. The Morgan fingerprint density at radius 1 is 1.10 bits per heavy atom. The van der Waals surface area contributed by atoms with E-state index in [1.165, 1.54) is 0 Å². The quantitative estimate of drug-likeness (QED) is 0.551. The van der Waals surface area contributed by atoms with Gasteiger partial charge in [-0.3, -0.25) is 10.1 Å². The first-order chi connectivity index (χ1) is 13.8. The predicted octanol–water partition coefficient (Wildman–Crippen LogP) is 4.57. The van der Waals surface area contributed by atoms with Gasteiger partial charge in [0.2, 0.25) is 11.9 Å². The Balaban J connectivity index is 1.53. The fourth-order valence-electron chi connectivity index (χ4n) is 2.52. The number of nitrogens with zero attached hydrogens (tertiary/aromatic N) is 1. The molecule has 1 heterocycles. The number of anilines is 1. The normalized spacial score (nSPS) is 11.3. The lowest BCUT2D eigenvalue weighted by Gasteiger charge is -2.19. The van der Waals surface area contributed by atoms with E-state index in [-0.39, 0.29) is 18.9 Å². The topological polar surface area (TPSA) is 96.1 Å². The van der Waals surface area contributed by atoms with Gasteiger partial charge >= 0.3 is 6.09 Å². The van der Waals surface area contributed by atoms with E-state index in [0.29, 0.717) is 5.95 Å². The Hall–Kier alpha value is -3.00. The molecule has 1 aromatic heterocycles. The van der Waals surface area contributed by atoms with Gasteiger partial charge in [-0.05, 0) is 51.1 Å². The fraction of sp³-hybridized carbons (Fsp3) is 0.286. The molecule has 3 N–H and O–H groups in total. The summed E-state index contributed by atoms with van der Waals surface area (Å²) in [5.41, 5.74) is 1.04. The number of H-pyrrole nitrogens is 1. The number of carbonyl (C=O) groups excluding carboxylic acids is 2. The molecular formula is C21H24N4O3S. The van der Waals surface area contributed by atoms with E-state index in [1.54, 1.807) is 32.5 Å². The van der Waals surface area contributed by atoms with Crippen LogP contribution in [0.1, 0.15) is 27.2 Å². The predicted molar refractivity (Wildman–Crippen MR) is 114 cm³/mol. The van der Waals surface area contributed by atoms with Crippen molar-refractivity contribution in [1.82, 2.24) is 15.3 Å². The van der Waals surface area contributed by atoms with Crippen molar-refractivity contribution in [3.8, 4) is 0 Å². The number of imidazole rings is 1. The zero-order valence-corrected chi connectivity index (χ0v) is 17.4. The van der Waals surface area contributed by atoms with Gasteiger partial charge in [0.05, 0.1) is 11.0 Å². The average molecular weight is 413 g/mol. The zero-order valence-electron chi connectivity index (χ0n) is 16.6. The van der Waals surface area contributed by atoms with Crippen LogP contribution in [0.5, 0.6) is 0 Å². The molecule has 0 aliphatic rings. The van der Waals surface area contributed by atoms with Crippen molar-refractivity contribution in [2.24, 2.45) is 0 Å². The fourth-order valence-corrected chi connectivity index (χ4v) is 3.39. The van der Waals surface area contributed by atoms with Crippen LogP contribution in [0.4, 0.5) is 10.7 Å². The molecule has 7 nitrogen and oxygen atoms in total. The van der Waals surface area contributed by atoms with Gasteiger partial charge in [0.1, 0.15) is 5.60 Å². The first-order valence-electron chi connectivity index (χ1n) is 9.28. The van der Waals surface area contributed by atoms with Gasteiger partial charge in [0.25, 0.3) is 0 Å². The molecule has 0 unspecified atom stereocenters. The summed E-state index contributed by atoms with van der Waals surface area (Å²) in [6.07, 6.45) is -0.428. The summed E-state index contributed by atoms with van der Waals surface area (Å²) in [5, 5.41) is 5.28. The minimum atomic E-state index is -0.571. The molecule has 0 atom stereocenters. The van der Waals surface area contributed by atoms with Gasteiger partial charge in [-0.15, -0.1) is 0 Å². The van der Waals surface area contributed by atoms with Crippen LogP contribution < -0.4 is 10.6 Å². The highest BCUT2D eigenvalue weighted by molar-refractivity contribution is 7.99. The molecule has 3 rings (SSSR count). The second kappa shape index (κ2) is 9.00. The van der Waals surface area contributed by atoms with E-state index in [0.717, 1.165) is 20.8 Å². The Morgan fingerprint density at radius 2 is 1.86 bits per heavy atom. The van der Waals surface area contributed by atoms with Crippen molar-refractivity contribution in [3.63, 3.8) is 0 Å². The average Bonchev–Trinajstić information content (AvgIpc) is 3.02. The van der Waals surface area contributed by atoms with Crippen LogP contribution in [0.25, 0.3) is 11.0 Å². The molecule has 0 saturated carbocycles. The molecule has 8 heteroatoms. The summed E-state index contributed by atoms with van der Waals surface area (Å²) in [6, 6.07) is 16.0. The second-order valence-corrected chi connectivity index (χ2v) is 8.55. The number of hydrogen-bond donors (Lipinski definition) is 3. The van der Waals surface area contributed by atoms with E-state index < -0.39 is 11.7 Å². The number of ether oxygens (including phenoxy) is 1. The lowest BCUT2D eigenvalue weighted by atomic mass is 10.2. The SMILES string of the molecule is CC(C)(C)OC(=O)NCCC(=O)Nc1nc2cc(Sc3ccccc3)ccc2[nH]1. The summed E-state index contributed by atoms with van der Waals surface area (Å²) in [5.74, 6) is 0.128. The van der Waals surface area contributed by atoms with Crippen molar-refractivity contribution < 1.29 is 14.3 Å². The van der Waals surface area contributed by atoms with E-state index in [4.69, 9.17) is 4.74 Å². The maximum atomic E-state index is 12.1. The minimum Gasteiger partial charge on any atom is -0.444 e. The highest BCUT2D eigenvalue weighted by Crippen LogP contribution is 2.29. The molecule has 0 aliphatic heterocycles. The number of rotatable bonds is 6. The molecule has 0 spiro atoms. The van der Waals surface area contributed by atoms with Crippen LogP contribution in [0, 0.1) is 0 Å². The van der Waals surface area contributed by atoms with Crippen LogP contribution in [0.15, 0.2) is 58.3 Å². The third-order valence-corrected chi connectivity index (χ3v) is 4.71. The molecule has 29 heavy (non-hydrogen) atoms. The van der Waals surface area contributed by atoms with Gasteiger partial charge < -0.3 is 15.0 Å². The molecular weight excluding hydrogens is 388 g/mol. The summed E-state index contributed by atoms with van der Waals surface area (Å²) in [6.45, 7) is 5.53. The highest BCUT2D eigenvalue weighted by Gasteiger charge is 2.16. The summed E-state index contributed by atoms with van der Waals surface area (Å²) in [7, 11) is 0. The van der Waals surface area contributed by atoms with Crippen LogP contribution in [-0.2, 0) is 9.53 Å². The van der Waals surface area contributed by atoms with E-state index in [2.05, 4.69) is 32.7 Å². The van der Waals surface area contributed by atoms with Crippen molar-refractivity contribution in [3.05, 3.63) is 48.5 Å². The molecule has 0 saturated heterocycles. The van der Waals surface area contributed by atoms with Gasteiger partial charge in [-0.1, -0.05) is 30.0 Å². The maximum absolute atomic E-state index is 12.1. The van der Waals surface area contributed by atoms with Crippen molar-refractivity contribution in [1.29, 1.82) is 0 Å². The lowest BCUT2D eigenvalue weighted by molar-refractivity contribution is -0.116. The Labute approximate surface area is 173 Å². The number of hydrogen-bond acceptors (Lipinski definition) is 5. The first kappa shape index (κ1) is 20.7. The largest absolute Gasteiger partial charge is 0.444 e. The number of aromatic amines is 1. The van der Waals surface area contributed by atoms with Crippen molar-refractivity contribution in [2.75, 3.05) is 11.9 Å². The summed E-state index contributed by atoms with van der Waals surface area (Å²) < 4.78 is 5.13. The molecule has 0 bridgehead atoms. The number of amides is 2. The number of alkyl carbamates (subject to hydrolysis) is 1. The molecule has 152 valence electrons. The molecule has 0 radical (unpaired) electrons. The smallest absolute Gasteiger partial charge is 0.407 e. The second-order valence-electron chi connectivity index (χ2n) is 7.41. The minimum absolute atomic E-state index is 0.116. The zero-order chi connectivity index (χ0) is 20.9. The van der Waals surface area contributed by atoms with E-state index in [1.807, 2.05) is 36.4 Å². The van der Waals surface area contributed by atoms with Crippen LogP contribution in [-0.4, -0.2) is 34.1 Å². The lowest BCUT2D eigenvalue weighted by Crippen LogP contribution is -2.34. The van der Waals surface area contributed by atoms with Gasteiger partial charge in [0.15, 0.2) is 0 Å². The summed E-state index contributed by atoms with van der Waals surface area (Å²) in [4.78, 5) is 33.4. The Kier molecular flexibility index (Phi) is 6.43. The van der Waals surface area contributed by atoms with Gasteiger partial charge in [-0.25, -0.2) is 9.78 Å². The van der Waals surface area contributed by atoms with Crippen molar-refractivity contribution >= 4 is 40.7 Å². The maximum Gasteiger partial charge on any atom is 0.407 e. The first-order valence-corrected chi connectivity index (χ1v) is 10.1. The monoisotopic (exact) mass is 412 g/mol. The van der Waals surface area contributed by atoms with E-state index in [9.17, 15) is 9.59 Å². The number of aromatic nitrogens is 2. The third-order valence-electron chi connectivity index (χ3n) is 3.71. The Bertz CT molecular complexity index is 996. The number of benzene rings is 2. The van der Waals surface area contributed by atoms with Gasteiger partial charge in [-0.2, -0.15) is 0 Å². The number of fused-ring (bicyclic) bond motifs is 1. The van der Waals surface area contributed by atoms with Crippen LogP contribution >= 0.6 is 11.8 Å². The molecule has 0 aliphatic carbocycles. The highest BCUT2D eigenvalue weighted by atomic mass is 32.2. The van der Waals surface area contributed by atoms with Crippen LogP contribution in [0.2, 0.25) is 0 Å². The molecule has 3 aromatic rings. The van der Waals surface area contributed by atoms with Crippen LogP contribution in [0.3, 0.4) is 0 Å².